The van der Waals surface area contributed by atoms with Crippen molar-refractivity contribution in [2.75, 3.05) is 5.32 Å². The minimum absolute atomic E-state index is 0.0689. The number of hydrogen-bond donors (Lipinski definition) is 2. The van der Waals surface area contributed by atoms with Gasteiger partial charge in [0.2, 0.25) is 0 Å². The van der Waals surface area contributed by atoms with E-state index in [0.717, 1.165) is 10.9 Å². The molecule has 9 heteroatoms. The lowest BCUT2D eigenvalue weighted by atomic mass is 10.0. The summed E-state index contributed by atoms with van der Waals surface area (Å²) in [4.78, 5) is 11.7. The average molecular weight is 317 g/mol. The van der Waals surface area contributed by atoms with Crippen molar-refractivity contribution in [3.63, 3.8) is 0 Å². The summed E-state index contributed by atoms with van der Waals surface area (Å²) in [5.74, 6) is -1.29. The molecule has 5 nitrogen and oxygen atoms in total. The summed E-state index contributed by atoms with van der Waals surface area (Å²) in [5, 5.41) is 17.2. The van der Waals surface area contributed by atoms with Crippen LogP contribution in [0.4, 0.5) is 19.0 Å². The predicted octanol–water partition coefficient (Wildman–Crippen LogP) is 3.30. The number of aromatic carboxylic acids is 1. The number of carboxylic acids is 1. The van der Waals surface area contributed by atoms with Crippen molar-refractivity contribution in [1.82, 2.24) is 9.78 Å². The molecule has 0 amide bonds. The lowest BCUT2D eigenvalue weighted by molar-refractivity contribution is -0.173. The van der Waals surface area contributed by atoms with E-state index in [1.54, 1.807) is 17.5 Å². The Balaban J connectivity index is 2.03. The Hall–Kier alpha value is -2.03. The maximum atomic E-state index is 13.2. The second kappa shape index (κ2) is 4.76. The second-order valence-corrected chi connectivity index (χ2v) is 5.65. The number of hydrogen-bond acceptors (Lipinski definition) is 4. The number of aromatic nitrogens is 2. The van der Waals surface area contributed by atoms with Gasteiger partial charge in [0.25, 0.3) is 0 Å². The highest BCUT2D eigenvalue weighted by molar-refractivity contribution is 7.10. The lowest BCUT2D eigenvalue weighted by Gasteiger charge is -2.32. The number of anilines is 1. The van der Waals surface area contributed by atoms with Gasteiger partial charge >= 0.3 is 12.1 Å². The smallest absolute Gasteiger partial charge is 0.410 e. The minimum Gasteiger partial charge on any atom is -0.476 e. The molecule has 3 heterocycles. The quantitative estimate of drug-likeness (QED) is 0.892. The van der Waals surface area contributed by atoms with Crippen molar-refractivity contribution in [2.45, 2.75) is 24.7 Å². The van der Waals surface area contributed by atoms with Crippen LogP contribution >= 0.6 is 11.3 Å². The van der Waals surface area contributed by atoms with Crippen LogP contribution in [-0.2, 0) is 0 Å². The second-order valence-electron chi connectivity index (χ2n) is 4.67. The van der Waals surface area contributed by atoms with Gasteiger partial charge < -0.3 is 10.4 Å². The number of fused-ring (bicyclic) bond motifs is 1. The van der Waals surface area contributed by atoms with E-state index in [9.17, 15) is 18.0 Å². The molecule has 0 saturated heterocycles. The van der Waals surface area contributed by atoms with Crippen LogP contribution in [0.1, 0.15) is 33.9 Å². The highest BCUT2D eigenvalue weighted by Gasteiger charge is 2.47. The number of thiophene rings is 1. The van der Waals surface area contributed by atoms with Gasteiger partial charge in [-0.1, -0.05) is 6.07 Å². The number of carbonyl (C=O) groups is 1. The molecule has 1 aliphatic heterocycles. The highest BCUT2D eigenvalue weighted by Crippen LogP contribution is 2.44. The van der Waals surface area contributed by atoms with Gasteiger partial charge in [0, 0.05) is 17.4 Å². The number of halogens is 3. The number of nitrogens with zero attached hydrogens (tertiary/aromatic N) is 2. The van der Waals surface area contributed by atoms with Crippen LogP contribution in [0.25, 0.3) is 0 Å². The van der Waals surface area contributed by atoms with E-state index in [1.165, 1.54) is 11.3 Å². The van der Waals surface area contributed by atoms with Crippen LogP contribution in [0.15, 0.2) is 23.6 Å². The van der Waals surface area contributed by atoms with E-state index in [-0.39, 0.29) is 12.2 Å². The van der Waals surface area contributed by atoms with E-state index in [1.807, 2.05) is 0 Å². The third-order valence-corrected chi connectivity index (χ3v) is 4.28. The zero-order valence-corrected chi connectivity index (χ0v) is 11.3. The van der Waals surface area contributed by atoms with Crippen LogP contribution in [0.2, 0.25) is 0 Å². The van der Waals surface area contributed by atoms with Crippen LogP contribution in [-0.4, -0.2) is 27.0 Å². The summed E-state index contributed by atoms with van der Waals surface area (Å²) in [7, 11) is 0. The topological polar surface area (TPSA) is 67.1 Å². The molecule has 1 aliphatic rings. The lowest BCUT2D eigenvalue weighted by Crippen LogP contribution is -2.35. The first-order valence-electron chi connectivity index (χ1n) is 6.06. The Morgan fingerprint density at radius 2 is 2.29 bits per heavy atom. The monoisotopic (exact) mass is 317 g/mol. The fourth-order valence-corrected chi connectivity index (χ4v) is 3.14. The summed E-state index contributed by atoms with van der Waals surface area (Å²) >= 11 is 1.35. The maximum absolute atomic E-state index is 13.2. The molecule has 2 aromatic heterocycles. The number of alkyl halides is 3. The molecule has 2 N–H and O–H groups in total. The fraction of sp³-hybridized carbons (Fsp3) is 0.333. The zero-order chi connectivity index (χ0) is 15.2. The van der Waals surface area contributed by atoms with Crippen LogP contribution in [0.3, 0.4) is 0 Å². The molecule has 0 fully saturated rings. The Bertz CT molecular complexity index is 666. The third kappa shape index (κ3) is 2.48. The van der Waals surface area contributed by atoms with E-state index >= 15 is 0 Å². The highest BCUT2D eigenvalue weighted by atomic mass is 32.1. The molecule has 21 heavy (non-hydrogen) atoms. The standard InChI is InChI=1S/C12H10F3N3O2S/c13-12(14,15)9-4-6(8-2-1-3-21-8)16-10-5-7(11(19)20)17-18(9)10/h1-3,5-6,9,16H,4H2,(H,19,20)/t6-,9+/m0/s1. The van der Waals surface area contributed by atoms with Crippen LogP contribution in [0.5, 0.6) is 0 Å². The van der Waals surface area contributed by atoms with Crippen molar-refractivity contribution in [3.8, 4) is 0 Å². The summed E-state index contributed by atoms with van der Waals surface area (Å²) in [6.07, 6.45) is -4.72. The molecule has 112 valence electrons. The molecule has 0 aliphatic carbocycles. The molecular formula is C12H10F3N3O2S. The number of rotatable bonds is 2. The van der Waals surface area contributed by atoms with Crippen molar-refractivity contribution in [3.05, 3.63) is 34.2 Å². The van der Waals surface area contributed by atoms with Gasteiger partial charge in [0.15, 0.2) is 11.7 Å². The normalized spacial score (nSPS) is 21.7. The van der Waals surface area contributed by atoms with Crippen molar-refractivity contribution in [1.29, 1.82) is 0 Å². The third-order valence-electron chi connectivity index (χ3n) is 3.30. The van der Waals surface area contributed by atoms with Crippen molar-refractivity contribution < 1.29 is 23.1 Å². The fourth-order valence-electron chi connectivity index (χ4n) is 2.35. The Morgan fingerprint density at radius 3 is 2.86 bits per heavy atom. The molecule has 0 bridgehead atoms. The molecular weight excluding hydrogens is 307 g/mol. The average Bonchev–Trinajstić information content (AvgIpc) is 3.05. The van der Waals surface area contributed by atoms with Gasteiger partial charge in [-0.3, -0.25) is 0 Å². The van der Waals surface area contributed by atoms with Gasteiger partial charge in [0.05, 0.1) is 6.04 Å². The van der Waals surface area contributed by atoms with Crippen LogP contribution < -0.4 is 5.32 Å². The molecule has 3 rings (SSSR count). The molecule has 0 unspecified atom stereocenters. The maximum Gasteiger partial charge on any atom is 0.410 e. The Kier molecular flexibility index (Phi) is 3.16. The minimum atomic E-state index is -4.49. The largest absolute Gasteiger partial charge is 0.476 e. The summed E-state index contributed by atoms with van der Waals surface area (Å²) in [5.41, 5.74) is -0.404. The molecule has 0 saturated carbocycles. The molecule has 2 atom stereocenters. The molecule has 2 aromatic rings. The summed E-state index contributed by atoms with van der Waals surface area (Å²) in [6, 6.07) is 2.29. The van der Waals surface area contributed by atoms with E-state index in [4.69, 9.17) is 5.11 Å². The Labute approximate surface area is 121 Å². The van der Waals surface area contributed by atoms with E-state index in [0.29, 0.717) is 4.68 Å². The van der Waals surface area contributed by atoms with E-state index < -0.39 is 29.9 Å². The van der Waals surface area contributed by atoms with Crippen molar-refractivity contribution in [2.24, 2.45) is 0 Å². The molecule has 0 spiro atoms. The number of nitrogens with one attached hydrogen (secondary N) is 1. The van der Waals surface area contributed by atoms with Gasteiger partial charge in [0.1, 0.15) is 5.82 Å². The SMILES string of the molecule is O=C(O)c1cc2n(n1)[C@@H](C(F)(F)F)C[C@@H](c1cccs1)N2. The van der Waals surface area contributed by atoms with Crippen molar-refractivity contribution >= 4 is 23.1 Å². The zero-order valence-electron chi connectivity index (χ0n) is 10.5. The van der Waals surface area contributed by atoms with E-state index in [2.05, 4.69) is 10.4 Å². The summed E-state index contributed by atoms with van der Waals surface area (Å²) < 4.78 is 40.4. The predicted molar refractivity (Wildman–Crippen MR) is 69.6 cm³/mol. The van der Waals surface area contributed by atoms with Gasteiger partial charge in [-0.25, -0.2) is 9.48 Å². The number of carboxylic acid groups (broad SMARTS) is 1. The van der Waals surface area contributed by atoms with Gasteiger partial charge in [-0.15, -0.1) is 11.3 Å². The first-order valence-corrected chi connectivity index (χ1v) is 6.93. The Morgan fingerprint density at radius 1 is 1.52 bits per heavy atom. The van der Waals surface area contributed by atoms with Gasteiger partial charge in [-0.05, 0) is 11.4 Å². The van der Waals surface area contributed by atoms with Crippen LogP contribution in [0, 0.1) is 0 Å². The summed E-state index contributed by atoms with van der Waals surface area (Å²) in [6.45, 7) is 0. The first kappa shape index (κ1) is 13.9. The first-order chi connectivity index (χ1) is 9.86. The molecule has 0 aromatic carbocycles. The van der Waals surface area contributed by atoms with Gasteiger partial charge in [-0.2, -0.15) is 18.3 Å². The molecule has 0 radical (unpaired) electrons.